The number of ether oxygens (including phenoxy) is 1. The summed E-state index contributed by atoms with van der Waals surface area (Å²) >= 11 is 0. The zero-order valence-electron chi connectivity index (χ0n) is 18.8. The van der Waals surface area contributed by atoms with E-state index in [1.807, 2.05) is 60.7 Å². The zero-order chi connectivity index (χ0) is 25.9. The smallest absolute Gasteiger partial charge is 0.430 e. The van der Waals surface area contributed by atoms with E-state index in [0.717, 1.165) is 0 Å². The molecule has 0 N–H and O–H groups in total. The van der Waals surface area contributed by atoms with Gasteiger partial charge < -0.3 is 14.6 Å². The van der Waals surface area contributed by atoms with Crippen LogP contribution in [0.15, 0.2) is 91.0 Å². The summed E-state index contributed by atoms with van der Waals surface area (Å²) in [5, 5.41) is 21.4. The molecule has 9 heteroatoms. The van der Waals surface area contributed by atoms with Crippen LogP contribution >= 0.6 is 7.26 Å². The minimum absolute atomic E-state index is 0.262. The van der Waals surface area contributed by atoms with Crippen LogP contribution in [-0.4, -0.2) is 30.4 Å². The maximum Gasteiger partial charge on any atom is 0.430 e. The van der Waals surface area contributed by atoms with Crippen LogP contribution in [0.2, 0.25) is 0 Å². The molecule has 3 rings (SSSR count). The molecule has 0 heterocycles. The first-order valence-electron chi connectivity index (χ1n) is 10.5. The molecule has 0 saturated heterocycles. The van der Waals surface area contributed by atoms with Crippen LogP contribution in [0.5, 0.6) is 0 Å². The van der Waals surface area contributed by atoms with E-state index in [1.165, 1.54) is 15.9 Å². The molecule has 0 bridgehead atoms. The van der Waals surface area contributed by atoms with E-state index in [4.69, 9.17) is 19.9 Å². The first-order chi connectivity index (χ1) is 16.6. The van der Waals surface area contributed by atoms with Crippen LogP contribution < -0.4 is 21.0 Å². The summed E-state index contributed by atoms with van der Waals surface area (Å²) in [5.41, 5.74) is 0. The van der Waals surface area contributed by atoms with Crippen LogP contribution in [-0.2, 0) is 14.3 Å². The summed E-state index contributed by atoms with van der Waals surface area (Å²) in [6.45, 7) is 1.59. The van der Waals surface area contributed by atoms with E-state index in [0.29, 0.717) is 6.16 Å². The third-order valence-corrected chi connectivity index (χ3v) is 9.40. The number of carbonyl (C=O) groups excluding carboxylic acids is 2. The number of hydrogen-bond donors (Lipinski definition) is 0. The molecule has 0 saturated carbocycles. The predicted molar refractivity (Wildman–Crippen MR) is 127 cm³/mol. The fraction of sp³-hybridized carbons (Fsp3) is 0.192. The number of carboxylic acids is 1. The van der Waals surface area contributed by atoms with Crippen molar-refractivity contribution in [1.29, 1.82) is 5.26 Å². The number of esters is 1. The molecule has 0 aliphatic rings. The van der Waals surface area contributed by atoms with E-state index in [9.17, 15) is 18.0 Å². The summed E-state index contributed by atoms with van der Waals surface area (Å²) in [6.07, 6.45) is -5.01. The topological polar surface area (TPSA) is 90.2 Å². The second-order valence-electron chi connectivity index (χ2n) is 7.34. The molecule has 3 aromatic rings. The van der Waals surface area contributed by atoms with Crippen LogP contribution in [0.4, 0.5) is 13.2 Å². The number of aliphatic carboxylic acids is 1. The van der Waals surface area contributed by atoms with Gasteiger partial charge in [0.15, 0.2) is 6.10 Å². The first-order valence-corrected chi connectivity index (χ1v) is 12.5. The van der Waals surface area contributed by atoms with Crippen LogP contribution in [0, 0.1) is 11.3 Å². The van der Waals surface area contributed by atoms with Crippen molar-refractivity contribution in [3.05, 3.63) is 91.0 Å². The number of nitriles is 1. The fourth-order valence-corrected chi connectivity index (χ4v) is 7.65. The number of alkyl halides is 3. The van der Waals surface area contributed by atoms with Crippen molar-refractivity contribution >= 4 is 35.1 Å². The molecular formula is C26H23F3NO4P. The summed E-state index contributed by atoms with van der Waals surface area (Å²) in [7, 11) is -2.04. The molecule has 0 aromatic heterocycles. The average molecular weight is 501 g/mol. The van der Waals surface area contributed by atoms with Crippen LogP contribution in [0.1, 0.15) is 13.3 Å². The van der Waals surface area contributed by atoms with E-state index >= 15 is 0 Å². The molecule has 0 aliphatic carbocycles. The van der Waals surface area contributed by atoms with Crippen LogP contribution in [0.25, 0.3) is 0 Å². The molecule has 1 atom stereocenters. The SMILES string of the molecule is CC(C#N)OC(=O)CC[P+](c1ccccc1)(c1ccccc1)c1ccccc1.O=C([O-])C(F)(F)F. The van der Waals surface area contributed by atoms with Crippen molar-refractivity contribution in [2.45, 2.75) is 25.6 Å². The van der Waals surface area contributed by atoms with Gasteiger partial charge in [0.2, 0.25) is 0 Å². The van der Waals surface area contributed by atoms with Crippen molar-refractivity contribution in [2.75, 3.05) is 6.16 Å². The molecule has 35 heavy (non-hydrogen) atoms. The summed E-state index contributed by atoms with van der Waals surface area (Å²) < 4.78 is 36.8. The maximum absolute atomic E-state index is 12.4. The number of carboxylic acid groups (broad SMARTS) is 1. The van der Waals surface area contributed by atoms with Crippen molar-refractivity contribution in [3.63, 3.8) is 0 Å². The van der Waals surface area contributed by atoms with E-state index in [1.54, 1.807) is 6.92 Å². The third-order valence-electron chi connectivity index (χ3n) is 4.96. The molecule has 0 aliphatic heterocycles. The average Bonchev–Trinajstić information content (AvgIpc) is 2.86. The Kier molecular flexibility index (Phi) is 9.98. The van der Waals surface area contributed by atoms with Crippen molar-refractivity contribution in [3.8, 4) is 6.07 Å². The van der Waals surface area contributed by atoms with Crippen molar-refractivity contribution < 1.29 is 32.6 Å². The highest BCUT2D eigenvalue weighted by atomic mass is 31.2. The fourth-order valence-electron chi connectivity index (χ4n) is 3.42. The Morgan fingerprint density at radius 1 is 0.886 bits per heavy atom. The summed E-state index contributed by atoms with van der Waals surface area (Å²) in [5.74, 6) is -3.34. The number of carbonyl (C=O) groups is 2. The van der Waals surface area contributed by atoms with Gasteiger partial charge in [-0.05, 0) is 43.3 Å². The molecule has 5 nitrogen and oxygen atoms in total. The largest absolute Gasteiger partial charge is 0.542 e. The lowest BCUT2D eigenvalue weighted by atomic mass is 10.3. The number of nitrogens with zero attached hydrogens (tertiary/aromatic N) is 1. The Hall–Kier alpha value is -3.69. The Balaban J connectivity index is 0.000000540. The highest BCUT2D eigenvalue weighted by Crippen LogP contribution is 2.55. The van der Waals surface area contributed by atoms with Gasteiger partial charge in [-0.1, -0.05) is 54.6 Å². The van der Waals surface area contributed by atoms with Crippen molar-refractivity contribution in [2.24, 2.45) is 0 Å². The lowest BCUT2D eigenvalue weighted by Gasteiger charge is -2.27. The van der Waals surface area contributed by atoms with E-state index in [2.05, 4.69) is 36.4 Å². The van der Waals surface area contributed by atoms with Gasteiger partial charge in [0.05, 0.1) is 12.6 Å². The number of hydrogen-bond acceptors (Lipinski definition) is 5. The van der Waals surface area contributed by atoms with Crippen molar-refractivity contribution in [1.82, 2.24) is 0 Å². The minimum Gasteiger partial charge on any atom is -0.542 e. The minimum atomic E-state index is -5.19. The van der Waals surface area contributed by atoms with Gasteiger partial charge >= 0.3 is 12.1 Å². The summed E-state index contributed by atoms with van der Waals surface area (Å²) in [6, 6.07) is 33.2. The monoisotopic (exact) mass is 501 g/mol. The maximum atomic E-state index is 12.4. The Morgan fingerprint density at radius 2 is 1.23 bits per heavy atom. The lowest BCUT2D eigenvalue weighted by molar-refractivity contribution is -0.344. The van der Waals surface area contributed by atoms with E-state index in [-0.39, 0.29) is 12.4 Å². The Labute approximate surface area is 202 Å². The number of rotatable bonds is 7. The van der Waals surface area contributed by atoms with Gasteiger partial charge in [-0.2, -0.15) is 18.4 Å². The molecule has 1 unspecified atom stereocenters. The molecule has 0 fully saturated rings. The van der Waals surface area contributed by atoms with Gasteiger partial charge in [0, 0.05) is 0 Å². The second-order valence-corrected chi connectivity index (χ2v) is 11.0. The van der Waals surface area contributed by atoms with Gasteiger partial charge in [0.25, 0.3) is 0 Å². The van der Waals surface area contributed by atoms with Gasteiger partial charge in [-0.25, -0.2) is 0 Å². The normalized spacial score (nSPS) is 11.9. The standard InChI is InChI=1S/C24H23NO2P.C2HF3O2/c1-20(19-25)27-24(26)17-18-28(21-11-5-2-6-12-21,22-13-7-3-8-14-22)23-15-9-4-10-16-23;3-2(4,5)1(6)7/h2-16,20H,17-18H2,1H3;(H,6,7)/q+1;/p-1. The molecule has 182 valence electrons. The third kappa shape index (κ3) is 7.66. The molecular weight excluding hydrogens is 478 g/mol. The van der Waals surface area contributed by atoms with Gasteiger partial charge in [-0.3, -0.25) is 4.79 Å². The van der Waals surface area contributed by atoms with Gasteiger partial charge in [-0.15, -0.1) is 0 Å². The van der Waals surface area contributed by atoms with Gasteiger partial charge in [0.1, 0.15) is 35.2 Å². The Morgan fingerprint density at radius 3 is 1.51 bits per heavy atom. The molecule has 3 aromatic carbocycles. The first kappa shape index (κ1) is 27.6. The molecule has 0 amide bonds. The molecule has 0 spiro atoms. The zero-order valence-corrected chi connectivity index (χ0v) is 19.7. The van der Waals surface area contributed by atoms with Crippen LogP contribution in [0.3, 0.4) is 0 Å². The summed E-state index contributed by atoms with van der Waals surface area (Å²) in [4.78, 5) is 21.2. The quantitative estimate of drug-likeness (QED) is 0.367. The number of benzene rings is 3. The predicted octanol–water partition coefficient (Wildman–Crippen LogP) is 3.12. The van der Waals surface area contributed by atoms with E-state index < -0.39 is 25.5 Å². The lowest BCUT2D eigenvalue weighted by Crippen LogP contribution is -2.37. The number of halogens is 3. The molecule has 0 radical (unpaired) electrons. The Bertz CT molecular complexity index is 1040. The highest BCUT2D eigenvalue weighted by molar-refractivity contribution is 7.95. The highest BCUT2D eigenvalue weighted by Gasteiger charge is 2.45. The second kappa shape index (κ2) is 12.7.